The largest absolute Gasteiger partial charge is 0.481 e. The van der Waals surface area contributed by atoms with Gasteiger partial charge in [-0.15, -0.1) is 0 Å². The molecule has 1 aliphatic rings. The third kappa shape index (κ3) is 4.05. The smallest absolute Gasteiger partial charge is 0.390 e. The van der Waals surface area contributed by atoms with Gasteiger partial charge in [-0.05, 0) is 0 Å². The lowest BCUT2D eigenvalue weighted by Crippen LogP contribution is -2.68. The lowest BCUT2D eigenvalue weighted by molar-refractivity contribution is -0.140. The first kappa shape index (κ1) is 12.3. The van der Waals surface area contributed by atoms with Crippen LogP contribution < -0.4 is 10.6 Å². The van der Waals surface area contributed by atoms with Crippen molar-refractivity contribution in [3.8, 4) is 0 Å². The Morgan fingerprint density at radius 2 is 2.07 bits per heavy atom. The highest BCUT2D eigenvalue weighted by Gasteiger charge is 2.39. The maximum atomic E-state index is 11.8. The van der Waals surface area contributed by atoms with Gasteiger partial charge >= 0.3 is 12.1 Å². The van der Waals surface area contributed by atoms with Gasteiger partial charge in [0.1, 0.15) is 0 Å². The number of hydrogen-bond donors (Lipinski definition) is 3. The van der Waals surface area contributed by atoms with Crippen LogP contribution in [0.4, 0.5) is 13.2 Å². The summed E-state index contributed by atoms with van der Waals surface area (Å²) in [5, 5.41) is 14.1. The van der Waals surface area contributed by atoms with E-state index in [2.05, 4.69) is 10.6 Å². The van der Waals surface area contributed by atoms with E-state index >= 15 is 0 Å². The van der Waals surface area contributed by atoms with Gasteiger partial charge in [0.05, 0.1) is 18.4 Å². The molecule has 0 aromatic heterocycles. The fraction of sp³-hybridized carbons (Fsp3) is 0.875. The Hall–Kier alpha value is -0.820. The van der Waals surface area contributed by atoms with Gasteiger partial charge in [0.2, 0.25) is 0 Å². The van der Waals surface area contributed by atoms with Crippen molar-refractivity contribution in [1.82, 2.24) is 10.6 Å². The highest BCUT2D eigenvalue weighted by atomic mass is 19.4. The van der Waals surface area contributed by atoms with Crippen molar-refractivity contribution in [2.45, 2.75) is 24.6 Å². The number of nitrogens with one attached hydrogen (secondary N) is 2. The summed E-state index contributed by atoms with van der Waals surface area (Å²) in [6, 6.07) is 0. The van der Waals surface area contributed by atoms with Crippen LogP contribution >= 0.6 is 0 Å². The zero-order valence-electron chi connectivity index (χ0n) is 8.02. The van der Waals surface area contributed by atoms with Crippen LogP contribution in [0.15, 0.2) is 0 Å². The van der Waals surface area contributed by atoms with E-state index in [-0.39, 0.29) is 13.0 Å². The number of hydrogen-bond acceptors (Lipinski definition) is 3. The van der Waals surface area contributed by atoms with Crippen LogP contribution in [-0.2, 0) is 4.79 Å². The van der Waals surface area contributed by atoms with Gasteiger partial charge in [0, 0.05) is 19.6 Å². The maximum Gasteiger partial charge on any atom is 0.390 e. The van der Waals surface area contributed by atoms with E-state index < -0.39 is 24.1 Å². The summed E-state index contributed by atoms with van der Waals surface area (Å²) < 4.78 is 35.5. The fourth-order valence-corrected chi connectivity index (χ4v) is 1.50. The van der Waals surface area contributed by atoms with Gasteiger partial charge in [-0.2, -0.15) is 13.2 Å². The SMILES string of the molecule is O=C(O)CC1(NCCC(F)(F)F)CNC1. The molecule has 1 heterocycles. The normalized spacial score (nSPS) is 19.7. The summed E-state index contributed by atoms with van der Waals surface area (Å²) >= 11 is 0. The molecule has 3 N–H and O–H groups in total. The van der Waals surface area contributed by atoms with Crippen LogP contribution in [0, 0.1) is 0 Å². The number of carboxylic acids is 1. The molecular formula is C8H13F3N2O2. The van der Waals surface area contributed by atoms with Crippen molar-refractivity contribution in [2.24, 2.45) is 0 Å². The zero-order valence-corrected chi connectivity index (χ0v) is 8.02. The monoisotopic (exact) mass is 226 g/mol. The van der Waals surface area contributed by atoms with Crippen LogP contribution in [0.5, 0.6) is 0 Å². The Labute approximate surface area is 84.8 Å². The number of halogens is 3. The molecule has 4 nitrogen and oxygen atoms in total. The van der Waals surface area contributed by atoms with Gasteiger partial charge in [0.25, 0.3) is 0 Å². The molecular weight excluding hydrogens is 213 g/mol. The molecule has 0 radical (unpaired) electrons. The van der Waals surface area contributed by atoms with Crippen molar-refractivity contribution < 1.29 is 23.1 Å². The van der Waals surface area contributed by atoms with Crippen LogP contribution in [0.2, 0.25) is 0 Å². The van der Waals surface area contributed by atoms with Gasteiger partial charge in [-0.3, -0.25) is 4.79 Å². The molecule has 0 saturated carbocycles. The summed E-state index contributed by atoms with van der Waals surface area (Å²) in [6.07, 6.45) is -5.29. The van der Waals surface area contributed by atoms with Gasteiger partial charge in [0.15, 0.2) is 0 Å². The predicted octanol–water partition coefficient (Wildman–Crippen LogP) is 0.345. The van der Waals surface area contributed by atoms with E-state index in [9.17, 15) is 18.0 Å². The molecule has 0 bridgehead atoms. The number of aliphatic carboxylic acids is 1. The Balaban J connectivity index is 2.31. The van der Waals surface area contributed by atoms with Crippen molar-refractivity contribution in [3.63, 3.8) is 0 Å². The molecule has 0 unspecified atom stereocenters. The van der Waals surface area contributed by atoms with Crippen molar-refractivity contribution >= 4 is 5.97 Å². The Bertz CT molecular complexity index is 239. The number of rotatable bonds is 5. The highest BCUT2D eigenvalue weighted by molar-refractivity contribution is 5.68. The molecule has 1 fully saturated rings. The summed E-state index contributed by atoms with van der Waals surface area (Å²) in [5.41, 5.74) is -0.697. The summed E-state index contributed by atoms with van der Waals surface area (Å²) in [7, 11) is 0. The molecule has 15 heavy (non-hydrogen) atoms. The molecule has 0 aromatic carbocycles. The predicted molar refractivity (Wildman–Crippen MR) is 46.5 cm³/mol. The minimum atomic E-state index is -4.20. The average Bonchev–Trinajstić information content (AvgIpc) is 1.96. The summed E-state index contributed by atoms with van der Waals surface area (Å²) in [6.45, 7) is 0.562. The summed E-state index contributed by atoms with van der Waals surface area (Å²) in [4.78, 5) is 10.5. The molecule has 0 aliphatic carbocycles. The average molecular weight is 226 g/mol. The quantitative estimate of drug-likeness (QED) is 0.633. The summed E-state index contributed by atoms with van der Waals surface area (Å²) in [5.74, 6) is -1.00. The van der Waals surface area contributed by atoms with Crippen molar-refractivity contribution in [3.05, 3.63) is 0 Å². The molecule has 0 aromatic rings. The second-order valence-corrected chi connectivity index (χ2v) is 3.75. The third-order valence-electron chi connectivity index (χ3n) is 2.32. The molecule has 88 valence electrons. The first-order valence-corrected chi connectivity index (χ1v) is 4.57. The second-order valence-electron chi connectivity index (χ2n) is 3.75. The first-order chi connectivity index (χ1) is 6.83. The van der Waals surface area contributed by atoms with Crippen LogP contribution in [-0.4, -0.2) is 42.4 Å². The Morgan fingerprint density at radius 3 is 2.40 bits per heavy atom. The van der Waals surface area contributed by atoms with E-state index in [1.165, 1.54) is 0 Å². The second kappa shape index (κ2) is 4.36. The number of carbonyl (C=O) groups is 1. The minimum Gasteiger partial charge on any atom is -0.481 e. The standard InChI is InChI=1S/C8H13F3N2O2/c9-8(10,11)1-2-13-7(3-6(14)15)4-12-5-7/h12-13H,1-5H2,(H,14,15). The molecule has 7 heteroatoms. The minimum absolute atomic E-state index is 0.155. The molecule has 1 saturated heterocycles. The molecule has 1 rings (SSSR count). The molecule has 0 atom stereocenters. The van der Waals surface area contributed by atoms with Crippen LogP contribution in [0.25, 0.3) is 0 Å². The lowest BCUT2D eigenvalue weighted by Gasteiger charge is -2.42. The van der Waals surface area contributed by atoms with E-state index in [0.717, 1.165) is 0 Å². The maximum absolute atomic E-state index is 11.8. The van der Waals surface area contributed by atoms with Crippen LogP contribution in [0.1, 0.15) is 12.8 Å². The third-order valence-corrected chi connectivity index (χ3v) is 2.32. The molecule has 1 aliphatic heterocycles. The van der Waals surface area contributed by atoms with E-state index in [4.69, 9.17) is 5.11 Å². The number of carboxylic acid groups (broad SMARTS) is 1. The highest BCUT2D eigenvalue weighted by Crippen LogP contribution is 2.21. The van der Waals surface area contributed by atoms with Crippen molar-refractivity contribution in [1.29, 1.82) is 0 Å². The van der Waals surface area contributed by atoms with Gasteiger partial charge in [-0.1, -0.05) is 0 Å². The van der Waals surface area contributed by atoms with E-state index in [0.29, 0.717) is 13.1 Å². The van der Waals surface area contributed by atoms with Gasteiger partial charge in [-0.25, -0.2) is 0 Å². The topological polar surface area (TPSA) is 61.4 Å². The van der Waals surface area contributed by atoms with E-state index in [1.807, 2.05) is 0 Å². The lowest BCUT2D eigenvalue weighted by atomic mass is 9.88. The number of alkyl halides is 3. The zero-order chi connectivity index (χ0) is 11.5. The molecule has 0 spiro atoms. The Kier molecular flexibility index (Phi) is 3.56. The van der Waals surface area contributed by atoms with Gasteiger partial charge < -0.3 is 15.7 Å². The Morgan fingerprint density at radius 1 is 1.47 bits per heavy atom. The van der Waals surface area contributed by atoms with Crippen LogP contribution in [0.3, 0.4) is 0 Å². The molecule has 0 amide bonds. The first-order valence-electron chi connectivity index (χ1n) is 4.57. The van der Waals surface area contributed by atoms with E-state index in [1.54, 1.807) is 0 Å². The van der Waals surface area contributed by atoms with Crippen molar-refractivity contribution in [2.75, 3.05) is 19.6 Å². The fourth-order valence-electron chi connectivity index (χ4n) is 1.50.